The molecule has 0 unspecified atom stereocenters. The number of hydrogen-bond donors (Lipinski definition) is 2. The molecule has 0 aliphatic carbocycles. The average molecular weight is 313 g/mol. The van der Waals surface area contributed by atoms with Gasteiger partial charge in [-0.05, 0) is 35.4 Å². The van der Waals surface area contributed by atoms with Crippen LogP contribution in [0.5, 0.6) is 11.5 Å². The average Bonchev–Trinajstić information content (AvgIpc) is 3.05. The highest BCUT2D eigenvalue weighted by atomic mass is 16.7. The lowest BCUT2D eigenvalue weighted by Gasteiger charge is -2.07. The Morgan fingerprint density at radius 2 is 1.87 bits per heavy atom. The molecule has 1 aromatic heterocycles. The first-order chi connectivity index (χ1) is 11.3. The van der Waals surface area contributed by atoms with Crippen LogP contribution in [0.1, 0.15) is 17.5 Å². The molecule has 0 saturated heterocycles. The van der Waals surface area contributed by atoms with E-state index in [4.69, 9.17) is 9.47 Å². The van der Waals surface area contributed by atoms with Crippen LogP contribution in [0.2, 0.25) is 0 Å². The Balaban J connectivity index is 1.34. The smallest absolute Gasteiger partial charge is 0.231 e. The second kappa shape index (κ2) is 7.60. The number of nitrogens with zero attached hydrogens (tertiary/aromatic N) is 1. The van der Waals surface area contributed by atoms with Crippen molar-refractivity contribution in [3.05, 3.63) is 53.9 Å². The van der Waals surface area contributed by atoms with E-state index in [1.165, 1.54) is 0 Å². The fourth-order valence-corrected chi connectivity index (χ4v) is 2.28. The second-order valence-electron chi connectivity index (χ2n) is 5.25. The number of carbonyl (C=O) groups is 1. The molecule has 1 amide bonds. The molecule has 0 atom stereocenters. The van der Waals surface area contributed by atoms with E-state index in [9.17, 15) is 4.79 Å². The van der Waals surface area contributed by atoms with Crippen molar-refractivity contribution >= 4 is 5.91 Å². The zero-order valence-corrected chi connectivity index (χ0v) is 12.7. The molecule has 120 valence electrons. The molecule has 2 heterocycles. The van der Waals surface area contributed by atoms with Gasteiger partial charge in [0.25, 0.3) is 0 Å². The highest BCUT2D eigenvalue weighted by Crippen LogP contribution is 2.32. The number of amides is 1. The number of aromatic nitrogens is 1. The van der Waals surface area contributed by atoms with Crippen molar-refractivity contribution in [1.29, 1.82) is 0 Å². The SMILES string of the molecule is O=C(CCNCc1ccc2c(c1)OCO2)NCc1ccncc1. The fourth-order valence-electron chi connectivity index (χ4n) is 2.28. The molecule has 0 fully saturated rings. The predicted molar refractivity (Wildman–Crippen MR) is 85.0 cm³/mol. The van der Waals surface area contributed by atoms with Gasteiger partial charge in [0.1, 0.15) is 0 Å². The number of ether oxygens (including phenoxy) is 2. The number of pyridine rings is 1. The predicted octanol–water partition coefficient (Wildman–Crippen LogP) is 1.61. The minimum atomic E-state index is 0.0278. The Morgan fingerprint density at radius 1 is 1.04 bits per heavy atom. The highest BCUT2D eigenvalue weighted by Gasteiger charge is 2.12. The molecule has 6 heteroatoms. The van der Waals surface area contributed by atoms with E-state index >= 15 is 0 Å². The van der Waals surface area contributed by atoms with Gasteiger partial charge in [-0.15, -0.1) is 0 Å². The van der Waals surface area contributed by atoms with Crippen molar-refractivity contribution in [2.45, 2.75) is 19.5 Å². The normalized spacial score (nSPS) is 12.2. The van der Waals surface area contributed by atoms with Gasteiger partial charge < -0.3 is 20.1 Å². The summed E-state index contributed by atoms with van der Waals surface area (Å²) in [5.41, 5.74) is 2.15. The minimum Gasteiger partial charge on any atom is -0.454 e. The molecular formula is C17H19N3O3. The van der Waals surface area contributed by atoms with Crippen molar-refractivity contribution in [1.82, 2.24) is 15.6 Å². The number of carbonyl (C=O) groups excluding carboxylic acids is 1. The van der Waals surface area contributed by atoms with Gasteiger partial charge in [0.05, 0.1) is 0 Å². The first kappa shape index (κ1) is 15.3. The summed E-state index contributed by atoms with van der Waals surface area (Å²) in [6, 6.07) is 9.62. The molecular weight excluding hydrogens is 294 g/mol. The van der Waals surface area contributed by atoms with Crippen LogP contribution in [0.15, 0.2) is 42.7 Å². The van der Waals surface area contributed by atoms with E-state index in [2.05, 4.69) is 15.6 Å². The van der Waals surface area contributed by atoms with Gasteiger partial charge in [0, 0.05) is 38.4 Å². The van der Waals surface area contributed by atoms with Crippen LogP contribution >= 0.6 is 0 Å². The van der Waals surface area contributed by atoms with Gasteiger partial charge in [0.2, 0.25) is 12.7 Å². The topological polar surface area (TPSA) is 72.5 Å². The van der Waals surface area contributed by atoms with E-state index in [0.717, 1.165) is 22.6 Å². The lowest BCUT2D eigenvalue weighted by atomic mass is 10.2. The van der Waals surface area contributed by atoms with Crippen molar-refractivity contribution in [2.75, 3.05) is 13.3 Å². The monoisotopic (exact) mass is 313 g/mol. The van der Waals surface area contributed by atoms with Crippen LogP contribution in [0.4, 0.5) is 0 Å². The van der Waals surface area contributed by atoms with Gasteiger partial charge in [-0.3, -0.25) is 9.78 Å². The first-order valence-corrected chi connectivity index (χ1v) is 7.56. The number of nitrogens with one attached hydrogen (secondary N) is 2. The molecule has 0 spiro atoms. The van der Waals surface area contributed by atoms with Crippen LogP contribution in [-0.4, -0.2) is 24.2 Å². The molecule has 0 radical (unpaired) electrons. The zero-order chi connectivity index (χ0) is 15.9. The number of benzene rings is 1. The molecule has 1 aliphatic rings. The first-order valence-electron chi connectivity index (χ1n) is 7.56. The van der Waals surface area contributed by atoms with Gasteiger partial charge >= 0.3 is 0 Å². The van der Waals surface area contributed by atoms with E-state index in [-0.39, 0.29) is 12.7 Å². The summed E-state index contributed by atoms with van der Waals surface area (Å²) in [5, 5.41) is 6.14. The maximum absolute atomic E-state index is 11.8. The third-order valence-corrected chi connectivity index (χ3v) is 3.53. The standard InChI is InChI=1S/C17H19N3O3/c21-17(20-11-13-3-6-18-7-4-13)5-8-19-10-14-1-2-15-16(9-14)23-12-22-15/h1-4,6-7,9,19H,5,8,10-12H2,(H,20,21). The minimum absolute atomic E-state index is 0.0278. The van der Waals surface area contributed by atoms with Gasteiger partial charge in [-0.2, -0.15) is 0 Å². The van der Waals surface area contributed by atoms with Crippen LogP contribution < -0.4 is 20.1 Å². The maximum atomic E-state index is 11.8. The highest BCUT2D eigenvalue weighted by molar-refractivity contribution is 5.76. The van der Waals surface area contributed by atoms with Crippen molar-refractivity contribution in [3.63, 3.8) is 0 Å². The summed E-state index contributed by atoms with van der Waals surface area (Å²) in [6.45, 7) is 2.12. The number of hydrogen-bond acceptors (Lipinski definition) is 5. The Labute approximate surface area is 134 Å². The summed E-state index contributed by atoms with van der Waals surface area (Å²) in [6.07, 6.45) is 3.87. The van der Waals surface area contributed by atoms with Gasteiger partial charge in [-0.25, -0.2) is 0 Å². The van der Waals surface area contributed by atoms with E-state index in [1.54, 1.807) is 12.4 Å². The molecule has 0 bridgehead atoms. The van der Waals surface area contributed by atoms with Crippen LogP contribution in [-0.2, 0) is 17.9 Å². The quantitative estimate of drug-likeness (QED) is 0.760. The third-order valence-electron chi connectivity index (χ3n) is 3.53. The lowest BCUT2D eigenvalue weighted by molar-refractivity contribution is -0.121. The number of rotatable bonds is 7. The van der Waals surface area contributed by atoms with Gasteiger partial charge in [-0.1, -0.05) is 6.07 Å². The Hall–Kier alpha value is -2.60. The third kappa shape index (κ3) is 4.43. The van der Waals surface area contributed by atoms with Crippen LogP contribution in [0.25, 0.3) is 0 Å². The number of fused-ring (bicyclic) bond motifs is 1. The van der Waals surface area contributed by atoms with Crippen LogP contribution in [0, 0.1) is 0 Å². The van der Waals surface area contributed by atoms with Gasteiger partial charge in [0.15, 0.2) is 11.5 Å². The van der Waals surface area contributed by atoms with Crippen molar-refractivity contribution in [2.24, 2.45) is 0 Å². The second-order valence-corrected chi connectivity index (χ2v) is 5.25. The fraction of sp³-hybridized carbons (Fsp3) is 0.294. The summed E-state index contributed by atoms with van der Waals surface area (Å²) in [7, 11) is 0. The lowest BCUT2D eigenvalue weighted by Crippen LogP contribution is -2.27. The van der Waals surface area contributed by atoms with Crippen molar-refractivity contribution in [3.8, 4) is 11.5 Å². The molecule has 23 heavy (non-hydrogen) atoms. The Kier molecular flexibility index (Phi) is 5.06. The molecule has 1 aliphatic heterocycles. The van der Waals surface area contributed by atoms with E-state index in [0.29, 0.717) is 26.1 Å². The summed E-state index contributed by atoms with van der Waals surface area (Å²) >= 11 is 0. The summed E-state index contributed by atoms with van der Waals surface area (Å²) < 4.78 is 10.6. The largest absolute Gasteiger partial charge is 0.454 e. The Morgan fingerprint density at radius 3 is 2.74 bits per heavy atom. The molecule has 3 rings (SSSR count). The van der Waals surface area contributed by atoms with Crippen LogP contribution in [0.3, 0.4) is 0 Å². The molecule has 2 aromatic rings. The van der Waals surface area contributed by atoms with E-state index in [1.807, 2.05) is 30.3 Å². The molecule has 0 saturated carbocycles. The van der Waals surface area contributed by atoms with E-state index < -0.39 is 0 Å². The molecule has 1 aromatic carbocycles. The summed E-state index contributed by atoms with van der Waals surface area (Å²) in [4.78, 5) is 15.7. The molecule has 2 N–H and O–H groups in total. The maximum Gasteiger partial charge on any atom is 0.231 e. The summed E-state index contributed by atoms with van der Waals surface area (Å²) in [5.74, 6) is 1.59. The van der Waals surface area contributed by atoms with Crippen molar-refractivity contribution < 1.29 is 14.3 Å². The molecule has 6 nitrogen and oxygen atoms in total. The zero-order valence-electron chi connectivity index (χ0n) is 12.7. The Bertz CT molecular complexity index is 661.